The number of hydrogen-bond acceptors (Lipinski definition) is 4. The van der Waals surface area contributed by atoms with Crippen LogP contribution < -0.4 is 5.32 Å². The maximum absolute atomic E-state index is 11.3. The Bertz CT molecular complexity index is 415. The average Bonchev–Trinajstić information content (AvgIpc) is 2.42. The molecule has 0 bridgehead atoms. The summed E-state index contributed by atoms with van der Waals surface area (Å²) < 4.78 is 11.3. The van der Waals surface area contributed by atoms with Crippen LogP contribution in [-0.2, 0) is 23.9 Å². The molecule has 1 aliphatic heterocycles. The molecule has 19 heavy (non-hydrogen) atoms. The minimum Gasteiger partial charge on any atom is -0.311 e. The lowest BCUT2D eigenvalue weighted by atomic mass is 10.2. The summed E-state index contributed by atoms with van der Waals surface area (Å²) in [5.74, 6) is 1.61. The molecular weight excluding hydrogens is 258 g/mol. The Morgan fingerprint density at radius 1 is 1.32 bits per heavy atom. The van der Waals surface area contributed by atoms with Gasteiger partial charge in [-0.1, -0.05) is 13.0 Å². The van der Waals surface area contributed by atoms with Gasteiger partial charge in [-0.3, -0.25) is 14.1 Å². The van der Waals surface area contributed by atoms with Gasteiger partial charge < -0.3 is 5.32 Å². The van der Waals surface area contributed by atoms with Gasteiger partial charge >= 0.3 is 0 Å². The van der Waals surface area contributed by atoms with E-state index >= 15 is 0 Å². The maximum Gasteiger partial charge on any atom is 0.0547 e. The fourth-order valence-corrected chi connectivity index (χ4v) is 3.30. The lowest BCUT2D eigenvalue weighted by molar-refractivity contribution is 0.287. The van der Waals surface area contributed by atoms with Crippen molar-refractivity contribution in [3.63, 3.8) is 0 Å². The largest absolute Gasteiger partial charge is 0.311 e. The van der Waals surface area contributed by atoms with Crippen molar-refractivity contribution in [3.05, 3.63) is 29.6 Å². The Morgan fingerprint density at radius 2 is 2.05 bits per heavy atom. The quantitative estimate of drug-likeness (QED) is 0.795. The third kappa shape index (κ3) is 5.01. The van der Waals surface area contributed by atoms with E-state index in [1.807, 2.05) is 0 Å². The summed E-state index contributed by atoms with van der Waals surface area (Å²) in [6, 6.07) is 6.22. The molecule has 0 aromatic carbocycles. The van der Waals surface area contributed by atoms with Crippen LogP contribution in [0.25, 0.3) is 0 Å². The van der Waals surface area contributed by atoms with Crippen LogP contribution in [0.5, 0.6) is 0 Å². The predicted molar refractivity (Wildman–Crippen MR) is 79.4 cm³/mol. The van der Waals surface area contributed by atoms with Gasteiger partial charge in [-0.25, -0.2) is 0 Å². The average molecular weight is 281 g/mol. The molecular formula is C14H23N3OS. The molecule has 5 heteroatoms. The first-order valence-corrected chi connectivity index (χ1v) is 8.49. The smallest absolute Gasteiger partial charge is 0.0547 e. The number of nitrogens with zero attached hydrogens (tertiary/aromatic N) is 2. The maximum atomic E-state index is 11.3. The molecule has 2 rings (SSSR count). The van der Waals surface area contributed by atoms with Crippen LogP contribution in [0.15, 0.2) is 18.2 Å². The Balaban J connectivity index is 1.86. The minimum atomic E-state index is -0.601. The van der Waals surface area contributed by atoms with Gasteiger partial charge in [0.25, 0.3) is 0 Å². The fraction of sp³-hybridized carbons (Fsp3) is 0.643. The molecule has 0 amide bonds. The van der Waals surface area contributed by atoms with E-state index in [1.54, 1.807) is 0 Å². The molecule has 0 radical (unpaired) electrons. The predicted octanol–water partition coefficient (Wildman–Crippen LogP) is 1.15. The van der Waals surface area contributed by atoms with Crippen molar-refractivity contribution in [2.75, 3.05) is 31.1 Å². The van der Waals surface area contributed by atoms with E-state index in [2.05, 4.69) is 40.3 Å². The van der Waals surface area contributed by atoms with Gasteiger partial charge in [0.05, 0.1) is 11.4 Å². The fourth-order valence-electron chi connectivity index (χ4n) is 2.17. The summed E-state index contributed by atoms with van der Waals surface area (Å²) in [6.45, 7) is 6.75. The monoisotopic (exact) mass is 281 g/mol. The van der Waals surface area contributed by atoms with Crippen molar-refractivity contribution in [1.29, 1.82) is 0 Å². The molecule has 106 valence electrons. The van der Waals surface area contributed by atoms with Crippen LogP contribution in [0.1, 0.15) is 24.7 Å². The van der Waals surface area contributed by atoms with Crippen LogP contribution in [0.4, 0.5) is 0 Å². The molecule has 0 aliphatic carbocycles. The molecule has 1 fully saturated rings. The van der Waals surface area contributed by atoms with Gasteiger partial charge in [0.1, 0.15) is 0 Å². The second-order valence-electron chi connectivity index (χ2n) is 4.92. The molecule has 4 nitrogen and oxygen atoms in total. The highest BCUT2D eigenvalue weighted by Crippen LogP contribution is 2.07. The zero-order valence-electron chi connectivity index (χ0n) is 11.6. The van der Waals surface area contributed by atoms with E-state index in [0.717, 1.165) is 62.0 Å². The number of aromatic nitrogens is 1. The van der Waals surface area contributed by atoms with Gasteiger partial charge in [-0.05, 0) is 25.1 Å². The lowest BCUT2D eigenvalue weighted by Crippen LogP contribution is -2.37. The van der Waals surface area contributed by atoms with Gasteiger partial charge in [-0.2, -0.15) is 0 Å². The summed E-state index contributed by atoms with van der Waals surface area (Å²) in [5.41, 5.74) is 2.22. The van der Waals surface area contributed by atoms with Crippen molar-refractivity contribution >= 4 is 10.8 Å². The summed E-state index contributed by atoms with van der Waals surface area (Å²) in [7, 11) is -0.601. The van der Waals surface area contributed by atoms with Gasteiger partial charge in [0.2, 0.25) is 0 Å². The van der Waals surface area contributed by atoms with Crippen LogP contribution in [-0.4, -0.2) is 45.2 Å². The third-order valence-corrected chi connectivity index (χ3v) is 4.53. The van der Waals surface area contributed by atoms with Crippen LogP contribution in [0.2, 0.25) is 0 Å². The van der Waals surface area contributed by atoms with Crippen LogP contribution in [0.3, 0.4) is 0 Å². The van der Waals surface area contributed by atoms with E-state index in [-0.39, 0.29) is 0 Å². The van der Waals surface area contributed by atoms with E-state index in [1.165, 1.54) is 0 Å². The second kappa shape index (κ2) is 7.72. The number of rotatable bonds is 6. The normalized spacial score (nSPS) is 17.7. The van der Waals surface area contributed by atoms with Crippen molar-refractivity contribution in [1.82, 2.24) is 15.2 Å². The van der Waals surface area contributed by atoms with E-state index in [4.69, 9.17) is 0 Å². The second-order valence-corrected chi connectivity index (χ2v) is 6.62. The molecule has 1 aliphatic rings. The molecule has 1 aromatic heterocycles. The standard InChI is InChI=1S/C14H23N3OS/c1-2-6-15-11-13-4-3-5-14(16-13)12-17-7-9-19(18)10-8-17/h3-5,15H,2,6-12H2,1H3. The number of hydrogen-bond donors (Lipinski definition) is 1. The number of nitrogens with one attached hydrogen (secondary N) is 1. The van der Waals surface area contributed by atoms with Crippen molar-refractivity contribution in [2.45, 2.75) is 26.4 Å². The Hall–Kier alpha value is -0.780. The first kappa shape index (κ1) is 14.6. The molecule has 0 spiro atoms. The lowest BCUT2D eigenvalue weighted by Gasteiger charge is -2.25. The van der Waals surface area contributed by atoms with Crippen molar-refractivity contribution in [2.24, 2.45) is 0 Å². The SMILES string of the molecule is CCCNCc1cccc(CN2CCS(=O)CC2)n1. The zero-order chi connectivity index (χ0) is 13.5. The Kier molecular flexibility index (Phi) is 5.94. The van der Waals surface area contributed by atoms with Crippen LogP contribution >= 0.6 is 0 Å². The summed E-state index contributed by atoms with van der Waals surface area (Å²) in [6.07, 6.45) is 1.14. The molecule has 2 heterocycles. The minimum absolute atomic E-state index is 0.601. The summed E-state index contributed by atoms with van der Waals surface area (Å²) in [5, 5.41) is 3.37. The molecule has 0 atom stereocenters. The number of pyridine rings is 1. The van der Waals surface area contributed by atoms with E-state index in [0.29, 0.717) is 0 Å². The summed E-state index contributed by atoms with van der Waals surface area (Å²) >= 11 is 0. The topological polar surface area (TPSA) is 45.2 Å². The highest BCUT2D eigenvalue weighted by atomic mass is 32.2. The Morgan fingerprint density at radius 3 is 2.79 bits per heavy atom. The van der Waals surface area contributed by atoms with Crippen molar-refractivity contribution < 1.29 is 4.21 Å². The molecule has 1 aromatic rings. The van der Waals surface area contributed by atoms with E-state index in [9.17, 15) is 4.21 Å². The zero-order valence-corrected chi connectivity index (χ0v) is 12.4. The first-order valence-electron chi connectivity index (χ1n) is 7.01. The highest BCUT2D eigenvalue weighted by molar-refractivity contribution is 7.85. The van der Waals surface area contributed by atoms with Crippen molar-refractivity contribution in [3.8, 4) is 0 Å². The first-order chi connectivity index (χ1) is 9.28. The van der Waals surface area contributed by atoms with Crippen LogP contribution in [0, 0.1) is 0 Å². The van der Waals surface area contributed by atoms with Gasteiger partial charge in [0.15, 0.2) is 0 Å². The molecule has 1 N–H and O–H groups in total. The van der Waals surface area contributed by atoms with Gasteiger partial charge in [-0.15, -0.1) is 0 Å². The molecule has 1 saturated heterocycles. The highest BCUT2D eigenvalue weighted by Gasteiger charge is 2.15. The Labute approximate surface area is 118 Å². The van der Waals surface area contributed by atoms with Gasteiger partial charge in [0, 0.05) is 48.5 Å². The summed E-state index contributed by atoms with van der Waals surface area (Å²) in [4.78, 5) is 7.02. The third-order valence-electron chi connectivity index (χ3n) is 3.25. The van der Waals surface area contributed by atoms with E-state index < -0.39 is 10.8 Å². The molecule has 0 saturated carbocycles. The molecule has 0 unspecified atom stereocenters.